The maximum Gasteiger partial charge on any atom is 0.0751 e. The number of rotatable bonds is 4. The molecule has 0 saturated carbocycles. The molecule has 1 saturated heterocycles. The molecule has 2 aliphatic rings. The van der Waals surface area contributed by atoms with Crippen LogP contribution < -0.4 is 0 Å². The van der Waals surface area contributed by atoms with E-state index < -0.39 is 0 Å². The summed E-state index contributed by atoms with van der Waals surface area (Å²) >= 11 is 0. The van der Waals surface area contributed by atoms with E-state index in [-0.39, 0.29) is 6.10 Å². The predicted molar refractivity (Wildman–Crippen MR) is 60.8 cm³/mol. The van der Waals surface area contributed by atoms with Gasteiger partial charge in [0.2, 0.25) is 0 Å². The van der Waals surface area contributed by atoms with Gasteiger partial charge in [0.25, 0.3) is 0 Å². The zero-order chi connectivity index (χ0) is 10.5. The second-order valence-electron chi connectivity index (χ2n) is 4.75. The first-order chi connectivity index (χ1) is 7.36. The Hall–Kier alpha value is -0.340. The van der Waals surface area contributed by atoms with Gasteiger partial charge in [-0.15, -0.1) is 0 Å². The lowest BCUT2D eigenvalue weighted by Crippen LogP contribution is -2.16. The predicted octanol–water partition coefficient (Wildman–Crippen LogP) is 2.81. The van der Waals surface area contributed by atoms with E-state index in [2.05, 4.69) is 6.08 Å². The fourth-order valence-corrected chi connectivity index (χ4v) is 2.57. The van der Waals surface area contributed by atoms with Crippen molar-refractivity contribution in [3.8, 4) is 0 Å². The van der Waals surface area contributed by atoms with Crippen molar-refractivity contribution in [2.24, 2.45) is 0 Å². The van der Waals surface area contributed by atoms with Crippen LogP contribution in [0, 0.1) is 0 Å². The van der Waals surface area contributed by atoms with Crippen molar-refractivity contribution in [3.63, 3.8) is 0 Å². The maximum absolute atomic E-state index is 10.0. The van der Waals surface area contributed by atoms with E-state index in [1.165, 1.54) is 31.3 Å². The Labute approximate surface area is 92.3 Å². The van der Waals surface area contributed by atoms with Gasteiger partial charge in [0.1, 0.15) is 0 Å². The minimum absolute atomic E-state index is 0.200. The Morgan fingerprint density at radius 2 is 2.33 bits per heavy atom. The van der Waals surface area contributed by atoms with Gasteiger partial charge in [-0.05, 0) is 56.9 Å². The van der Waals surface area contributed by atoms with Gasteiger partial charge < -0.3 is 9.84 Å². The molecular weight excluding hydrogens is 188 g/mol. The number of aliphatic hydroxyl groups excluding tert-OH is 1. The quantitative estimate of drug-likeness (QED) is 0.723. The first-order valence-corrected chi connectivity index (χ1v) is 6.35. The van der Waals surface area contributed by atoms with Gasteiger partial charge in [-0.2, -0.15) is 0 Å². The van der Waals surface area contributed by atoms with Gasteiger partial charge in [-0.3, -0.25) is 0 Å². The van der Waals surface area contributed by atoms with Crippen LogP contribution in [0.4, 0.5) is 0 Å². The Kier molecular flexibility index (Phi) is 4.21. The monoisotopic (exact) mass is 210 g/mol. The second-order valence-corrected chi connectivity index (χ2v) is 4.75. The maximum atomic E-state index is 10.0. The molecule has 2 unspecified atom stereocenters. The number of ether oxygens (including phenoxy) is 1. The van der Waals surface area contributed by atoms with E-state index in [0.29, 0.717) is 6.10 Å². The van der Waals surface area contributed by atoms with Crippen LogP contribution in [-0.2, 0) is 4.74 Å². The van der Waals surface area contributed by atoms with Crippen LogP contribution in [0.3, 0.4) is 0 Å². The molecule has 1 N–H and O–H groups in total. The Morgan fingerprint density at radius 1 is 1.40 bits per heavy atom. The molecule has 86 valence electrons. The molecule has 1 fully saturated rings. The highest BCUT2D eigenvalue weighted by Crippen LogP contribution is 2.24. The number of aliphatic hydroxyl groups is 1. The molecule has 1 aliphatic carbocycles. The molecule has 0 spiro atoms. The summed E-state index contributed by atoms with van der Waals surface area (Å²) in [5, 5.41) is 10.0. The van der Waals surface area contributed by atoms with Gasteiger partial charge in [-0.1, -0.05) is 6.08 Å². The van der Waals surface area contributed by atoms with Gasteiger partial charge in [0.05, 0.1) is 12.2 Å². The van der Waals surface area contributed by atoms with Crippen LogP contribution in [0.15, 0.2) is 11.6 Å². The molecule has 1 heterocycles. The third-order valence-electron chi connectivity index (χ3n) is 3.54. The molecule has 0 aromatic heterocycles. The van der Waals surface area contributed by atoms with Crippen LogP contribution in [0.25, 0.3) is 0 Å². The average Bonchev–Trinajstić information content (AvgIpc) is 2.80. The molecule has 0 amide bonds. The summed E-state index contributed by atoms with van der Waals surface area (Å²) in [4.78, 5) is 0. The molecule has 1 aliphatic heterocycles. The topological polar surface area (TPSA) is 29.5 Å². The Bertz CT molecular complexity index is 217. The van der Waals surface area contributed by atoms with Crippen LogP contribution in [0.2, 0.25) is 0 Å². The smallest absolute Gasteiger partial charge is 0.0751 e. The summed E-state index contributed by atoms with van der Waals surface area (Å²) in [7, 11) is 0. The van der Waals surface area contributed by atoms with E-state index >= 15 is 0 Å². The molecule has 2 rings (SSSR count). The van der Waals surface area contributed by atoms with Gasteiger partial charge >= 0.3 is 0 Å². The number of allylic oxidation sites excluding steroid dienone is 1. The van der Waals surface area contributed by atoms with E-state index in [4.69, 9.17) is 4.74 Å². The molecular formula is C13H22O2. The molecule has 0 radical (unpaired) electrons. The number of hydrogen-bond acceptors (Lipinski definition) is 2. The molecule has 0 bridgehead atoms. The van der Waals surface area contributed by atoms with Crippen LogP contribution in [0.5, 0.6) is 0 Å². The van der Waals surface area contributed by atoms with Gasteiger partial charge in [-0.25, -0.2) is 0 Å². The van der Waals surface area contributed by atoms with Crippen LogP contribution >= 0.6 is 0 Å². The minimum atomic E-state index is -0.200. The first-order valence-electron chi connectivity index (χ1n) is 6.35. The first kappa shape index (κ1) is 11.2. The summed E-state index contributed by atoms with van der Waals surface area (Å²) in [5.74, 6) is 0. The van der Waals surface area contributed by atoms with Crippen molar-refractivity contribution in [1.29, 1.82) is 0 Å². The highest BCUT2D eigenvalue weighted by Gasteiger charge is 2.19. The average molecular weight is 210 g/mol. The summed E-state index contributed by atoms with van der Waals surface area (Å²) in [6, 6.07) is 0. The van der Waals surface area contributed by atoms with E-state index in [1.54, 1.807) is 0 Å². The van der Waals surface area contributed by atoms with Crippen molar-refractivity contribution >= 4 is 0 Å². The highest BCUT2D eigenvalue weighted by atomic mass is 16.5. The van der Waals surface area contributed by atoms with Gasteiger partial charge in [0, 0.05) is 6.61 Å². The van der Waals surface area contributed by atoms with Crippen molar-refractivity contribution in [2.75, 3.05) is 6.61 Å². The molecule has 2 nitrogen and oxygen atoms in total. The molecule has 2 heteroatoms. The molecule has 15 heavy (non-hydrogen) atoms. The third-order valence-corrected chi connectivity index (χ3v) is 3.54. The third kappa shape index (κ3) is 3.32. The Morgan fingerprint density at radius 3 is 3.00 bits per heavy atom. The highest BCUT2D eigenvalue weighted by molar-refractivity contribution is 5.10. The van der Waals surface area contributed by atoms with E-state index in [9.17, 15) is 5.11 Å². The van der Waals surface area contributed by atoms with Crippen molar-refractivity contribution < 1.29 is 9.84 Å². The minimum Gasteiger partial charge on any atom is -0.389 e. The zero-order valence-electron chi connectivity index (χ0n) is 9.45. The van der Waals surface area contributed by atoms with Crippen molar-refractivity contribution in [2.45, 2.75) is 63.6 Å². The summed E-state index contributed by atoms with van der Waals surface area (Å²) in [5.41, 5.74) is 1.28. The fourth-order valence-electron chi connectivity index (χ4n) is 2.57. The Balaban J connectivity index is 1.71. The summed E-state index contributed by atoms with van der Waals surface area (Å²) < 4.78 is 5.56. The lowest BCUT2D eigenvalue weighted by atomic mass is 9.92. The van der Waals surface area contributed by atoms with Crippen LogP contribution in [0.1, 0.15) is 51.4 Å². The lowest BCUT2D eigenvalue weighted by molar-refractivity contribution is 0.0872. The van der Waals surface area contributed by atoms with E-state index in [0.717, 1.165) is 32.3 Å². The normalized spacial score (nSPS) is 28.9. The molecule has 0 aromatic rings. The van der Waals surface area contributed by atoms with Gasteiger partial charge in [0.15, 0.2) is 0 Å². The second kappa shape index (κ2) is 5.66. The lowest BCUT2D eigenvalue weighted by Gasteiger charge is -2.19. The standard InChI is InChI=1S/C13H22O2/c14-13(11-5-2-1-3-6-11)9-8-12-7-4-10-15-12/h5,12-14H,1-4,6-10H2. The SMILES string of the molecule is OC(CCC1CCCO1)C1=CCCCC1. The largest absolute Gasteiger partial charge is 0.389 e. The fraction of sp³-hybridized carbons (Fsp3) is 0.846. The summed E-state index contributed by atoms with van der Waals surface area (Å²) in [6.07, 6.45) is 11.6. The van der Waals surface area contributed by atoms with Crippen molar-refractivity contribution in [3.05, 3.63) is 11.6 Å². The summed E-state index contributed by atoms with van der Waals surface area (Å²) in [6.45, 7) is 0.920. The van der Waals surface area contributed by atoms with Crippen LogP contribution in [-0.4, -0.2) is 23.9 Å². The number of hydrogen-bond donors (Lipinski definition) is 1. The van der Waals surface area contributed by atoms with E-state index in [1.807, 2.05) is 0 Å². The molecule has 0 aromatic carbocycles. The zero-order valence-corrected chi connectivity index (χ0v) is 9.45. The van der Waals surface area contributed by atoms with Crippen molar-refractivity contribution in [1.82, 2.24) is 0 Å². The molecule has 2 atom stereocenters.